The summed E-state index contributed by atoms with van der Waals surface area (Å²) in [4.78, 5) is 11.0. The van der Waals surface area contributed by atoms with Crippen LogP contribution >= 0.6 is 24.0 Å². The van der Waals surface area contributed by atoms with Crippen LogP contribution in [0.5, 0.6) is 0 Å². The number of likely N-dealkylation sites (N-methyl/N-ethyl adjacent to an activating group) is 1. The molecule has 1 aromatic carbocycles. The number of aryl methyl sites for hydroxylation is 1. The molecule has 1 unspecified atom stereocenters. The molecule has 154 valence electrons. The Hall–Kier alpha value is -1.67. The maximum atomic E-state index is 4.38. The molecule has 0 fully saturated rings. The molecule has 0 aliphatic rings. The highest BCUT2D eigenvalue weighted by molar-refractivity contribution is 14.0. The van der Waals surface area contributed by atoms with Gasteiger partial charge < -0.3 is 10.6 Å². The number of nitrogens with one attached hydrogen (secondary N) is 2. The molecule has 5 nitrogen and oxygen atoms in total. The van der Waals surface area contributed by atoms with Crippen molar-refractivity contribution < 1.29 is 0 Å². The molecule has 1 atom stereocenters. The Balaban J connectivity index is 0.00000392. The smallest absolute Gasteiger partial charge is 0.191 e. The first kappa shape index (κ1) is 24.4. The first-order valence-corrected chi connectivity index (χ1v) is 9.82. The highest BCUT2D eigenvalue weighted by atomic mass is 127. The van der Waals surface area contributed by atoms with E-state index < -0.39 is 0 Å². The van der Waals surface area contributed by atoms with Crippen molar-refractivity contribution in [3.63, 3.8) is 0 Å². The Morgan fingerprint density at radius 1 is 1.11 bits per heavy atom. The van der Waals surface area contributed by atoms with Gasteiger partial charge >= 0.3 is 0 Å². The van der Waals surface area contributed by atoms with Crippen molar-refractivity contribution >= 4 is 29.9 Å². The summed E-state index contributed by atoms with van der Waals surface area (Å²) >= 11 is 0. The summed E-state index contributed by atoms with van der Waals surface area (Å²) in [6.07, 6.45) is 4.72. The fourth-order valence-corrected chi connectivity index (χ4v) is 3.31. The summed E-state index contributed by atoms with van der Waals surface area (Å²) in [5.41, 5.74) is 3.88. The molecule has 0 saturated carbocycles. The van der Waals surface area contributed by atoms with E-state index in [0.29, 0.717) is 6.04 Å². The van der Waals surface area contributed by atoms with Gasteiger partial charge in [0.15, 0.2) is 5.96 Å². The van der Waals surface area contributed by atoms with Crippen molar-refractivity contribution in [2.45, 2.75) is 33.2 Å². The summed E-state index contributed by atoms with van der Waals surface area (Å²) in [6, 6.07) is 13.1. The predicted octanol–water partition coefficient (Wildman–Crippen LogP) is 3.80. The number of benzene rings is 1. The average Bonchev–Trinajstić information content (AvgIpc) is 2.71. The van der Waals surface area contributed by atoms with Crippen LogP contribution in [0.2, 0.25) is 0 Å². The van der Waals surface area contributed by atoms with Crippen molar-refractivity contribution in [1.29, 1.82) is 0 Å². The molecular weight excluding hydrogens is 461 g/mol. The molecule has 0 amide bonds. The van der Waals surface area contributed by atoms with E-state index in [2.05, 4.69) is 82.7 Å². The molecule has 2 rings (SSSR count). The minimum absolute atomic E-state index is 0. The zero-order valence-corrected chi connectivity index (χ0v) is 19.8. The van der Waals surface area contributed by atoms with Gasteiger partial charge in [-0.05, 0) is 49.2 Å². The Morgan fingerprint density at radius 3 is 2.43 bits per heavy atom. The average molecular weight is 495 g/mol. The summed E-state index contributed by atoms with van der Waals surface area (Å²) < 4.78 is 0. The van der Waals surface area contributed by atoms with Gasteiger partial charge in [0.05, 0.1) is 6.04 Å². The lowest BCUT2D eigenvalue weighted by atomic mass is 10.1. The van der Waals surface area contributed by atoms with Crippen LogP contribution in [-0.2, 0) is 6.42 Å². The van der Waals surface area contributed by atoms with Crippen molar-refractivity contribution in [1.82, 2.24) is 20.5 Å². The summed E-state index contributed by atoms with van der Waals surface area (Å²) in [5.74, 6) is 0.842. The number of aliphatic imine (C=N–C) groups is 1. The number of hydrogen-bond donors (Lipinski definition) is 2. The van der Waals surface area contributed by atoms with E-state index in [9.17, 15) is 0 Å². The number of aromatic nitrogens is 1. The Labute approximate surface area is 187 Å². The molecular formula is C22H34IN5. The second-order valence-corrected chi connectivity index (χ2v) is 6.58. The zero-order chi connectivity index (χ0) is 19.5. The summed E-state index contributed by atoms with van der Waals surface area (Å²) in [7, 11) is 1.82. The maximum absolute atomic E-state index is 4.38. The van der Waals surface area contributed by atoms with E-state index in [4.69, 9.17) is 0 Å². The van der Waals surface area contributed by atoms with Crippen LogP contribution in [0, 0.1) is 6.92 Å². The molecule has 0 bridgehead atoms. The van der Waals surface area contributed by atoms with Crippen molar-refractivity contribution in [2.24, 2.45) is 4.99 Å². The van der Waals surface area contributed by atoms with E-state index in [1.54, 1.807) is 0 Å². The van der Waals surface area contributed by atoms with Crippen LogP contribution in [0.15, 0.2) is 53.8 Å². The third kappa shape index (κ3) is 7.39. The molecule has 1 aromatic heterocycles. The van der Waals surface area contributed by atoms with Crippen LogP contribution in [0.3, 0.4) is 0 Å². The van der Waals surface area contributed by atoms with Gasteiger partial charge in [0.2, 0.25) is 0 Å². The van der Waals surface area contributed by atoms with E-state index in [-0.39, 0.29) is 24.0 Å². The first-order chi connectivity index (χ1) is 13.2. The molecule has 28 heavy (non-hydrogen) atoms. The van der Waals surface area contributed by atoms with E-state index in [1.165, 1.54) is 16.7 Å². The van der Waals surface area contributed by atoms with Gasteiger partial charge in [-0.15, -0.1) is 24.0 Å². The van der Waals surface area contributed by atoms with E-state index >= 15 is 0 Å². The molecule has 1 heterocycles. The summed E-state index contributed by atoms with van der Waals surface area (Å²) in [5, 5.41) is 6.93. The van der Waals surface area contributed by atoms with Crippen LogP contribution < -0.4 is 10.6 Å². The Kier molecular flexibility index (Phi) is 11.7. The zero-order valence-electron chi connectivity index (χ0n) is 17.5. The highest BCUT2D eigenvalue weighted by Gasteiger charge is 2.18. The van der Waals surface area contributed by atoms with Gasteiger partial charge in [-0.2, -0.15) is 0 Å². The number of hydrogen-bond acceptors (Lipinski definition) is 3. The molecule has 0 aliphatic carbocycles. The molecule has 2 aromatic rings. The number of nitrogens with zero attached hydrogens (tertiary/aromatic N) is 3. The molecule has 6 heteroatoms. The third-order valence-corrected chi connectivity index (χ3v) is 4.95. The number of guanidine groups is 1. The van der Waals surface area contributed by atoms with Crippen molar-refractivity contribution in [3.8, 4) is 0 Å². The minimum Gasteiger partial charge on any atom is -0.356 e. The van der Waals surface area contributed by atoms with Crippen molar-refractivity contribution in [3.05, 3.63) is 65.5 Å². The molecule has 0 radical (unpaired) electrons. The van der Waals surface area contributed by atoms with Gasteiger partial charge in [-0.25, -0.2) is 0 Å². The van der Waals surface area contributed by atoms with Crippen molar-refractivity contribution in [2.75, 3.05) is 33.2 Å². The van der Waals surface area contributed by atoms with Gasteiger partial charge in [0, 0.05) is 32.5 Å². The summed E-state index contributed by atoms with van der Waals surface area (Å²) in [6.45, 7) is 10.2. The second-order valence-electron chi connectivity index (χ2n) is 6.58. The van der Waals surface area contributed by atoms with Crippen LogP contribution in [0.25, 0.3) is 0 Å². The molecule has 0 spiro atoms. The number of halogens is 1. The van der Waals surface area contributed by atoms with Crippen LogP contribution in [0.1, 0.15) is 36.6 Å². The fourth-order valence-electron chi connectivity index (χ4n) is 3.31. The van der Waals surface area contributed by atoms with Gasteiger partial charge in [0.1, 0.15) is 0 Å². The highest BCUT2D eigenvalue weighted by Crippen LogP contribution is 2.19. The fraction of sp³-hybridized carbons (Fsp3) is 0.455. The molecule has 0 aliphatic heterocycles. The topological polar surface area (TPSA) is 52.5 Å². The first-order valence-electron chi connectivity index (χ1n) is 9.82. The normalized spacial score (nSPS) is 12.4. The maximum Gasteiger partial charge on any atom is 0.191 e. The van der Waals surface area contributed by atoms with E-state index in [1.807, 2.05) is 19.4 Å². The lowest BCUT2D eigenvalue weighted by molar-refractivity contribution is 0.219. The van der Waals surface area contributed by atoms with Gasteiger partial charge in [0.25, 0.3) is 0 Å². The lowest BCUT2D eigenvalue weighted by Gasteiger charge is -2.30. The van der Waals surface area contributed by atoms with E-state index in [0.717, 1.165) is 38.6 Å². The number of pyridine rings is 1. The van der Waals surface area contributed by atoms with Gasteiger partial charge in [-0.3, -0.25) is 14.9 Å². The largest absolute Gasteiger partial charge is 0.356 e. The minimum atomic E-state index is 0. The second kappa shape index (κ2) is 13.5. The lowest BCUT2D eigenvalue weighted by Crippen LogP contribution is -2.43. The number of rotatable bonds is 9. The van der Waals surface area contributed by atoms with Gasteiger partial charge in [-0.1, -0.05) is 44.2 Å². The monoisotopic (exact) mass is 495 g/mol. The predicted molar refractivity (Wildman–Crippen MR) is 130 cm³/mol. The molecule has 2 N–H and O–H groups in total. The third-order valence-electron chi connectivity index (χ3n) is 4.95. The quantitative estimate of drug-likeness (QED) is 0.316. The Bertz CT molecular complexity index is 701. The standard InChI is InChI=1S/C22H33N5.HI/c1-5-27(6-2)21(20-10-8-7-9-11-20)17-26-22(23-4)25-15-13-19-12-14-24-16-18(19)3;/h7-12,14,16,21H,5-6,13,15,17H2,1-4H3,(H2,23,25,26);1H. The SMILES string of the molecule is CCN(CC)C(CNC(=NC)NCCc1ccncc1C)c1ccccc1.I. The van der Waals surface area contributed by atoms with Crippen LogP contribution in [-0.4, -0.2) is 49.1 Å². The molecule has 0 saturated heterocycles. The van der Waals surface area contributed by atoms with Crippen LogP contribution in [0.4, 0.5) is 0 Å². The Morgan fingerprint density at radius 2 is 1.82 bits per heavy atom.